The molecule has 1 fully saturated rings. The number of amides is 1. The van der Waals surface area contributed by atoms with Gasteiger partial charge in [0.05, 0.1) is 17.8 Å². The Morgan fingerprint density at radius 2 is 2.20 bits per heavy atom. The highest BCUT2D eigenvalue weighted by atomic mass is 19.1. The van der Waals surface area contributed by atoms with Crippen LogP contribution in [0.4, 0.5) is 4.39 Å². The van der Waals surface area contributed by atoms with Crippen LogP contribution in [-0.4, -0.2) is 33.7 Å². The minimum atomic E-state index is -0.522. The Bertz CT molecular complexity index is 854. The van der Waals surface area contributed by atoms with E-state index in [2.05, 4.69) is 10.4 Å². The summed E-state index contributed by atoms with van der Waals surface area (Å²) in [5.74, 6) is -0.450. The van der Waals surface area contributed by atoms with Crippen molar-refractivity contribution in [1.82, 2.24) is 20.0 Å². The minimum absolute atomic E-state index is 0.0265. The fourth-order valence-electron chi connectivity index (χ4n) is 3.30. The van der Waals surface area contributed by atoms with Crippen molar-refractivity contribution in [3.05, 3.63) is 52.6 Å². The average molecular weight is 341 g/mol. The van der Waals surface area contributed by atoms with Gasteiger partial charge >= 0.3 is 0 Å². The molecule has 25 heavy (non-hydrogen) atoms. The average Bonchev–Trinajstić information content (AvgIpc) is 3.06. The quantitative estimate of drug-likeness (QED) is 0.920. The first-order valence-electron chi connectivity index (χ1n) is 8.08. The van der Waals surface area contributed by atoms with E-state index in [0.29, 0.717) is 13.0 Å². The Kier molecular flexibility index (Phi) is 4.55. The van der Waals surface area contributed by atoms with Crippen molar-refractivity contribution >= 4 is 5.91 Å². The zero-order valence-electron chi connectivity index (χ0n) is 14.5. The summed E-state index contributed by atoms with van der Waals surface area (Å²) in [7, 11) is 3.67. The third-order valence-corrected chi connectivity index (χ3v) is 4.90. The molecule has 0 radical (unpaired) electrons. The number of likely N-dealkylation sites (tertiary alicyclic amines) is 1. The standard InChI is InChI=1S/C18H20FN5O/c1-11-14(10-22-24(11)3)18-16(7-17(25)23(18)2)21-9-12-4-5-15(19)13(6-12)8-20/h4-6,10,16,18,21H,7,9H2,1-3H3/t16-,18+/m1/s1. The molecule has 0 saturated carbocycles. The Morgan fingerprint density at radius 3 is 2.84 bits per heavy atom. The van der Waals surface area contributed by atoms with Crippen LogP contribution in [0.5, 0.6) is 0 Å². The zero-order chi connectivity index (χ0) is 18.1. The maximum absolute atomic E-state index is 13.4. The van der Waals surface area contributed by atoms with Crippen molar-refractivity contribution in [3.63, 3.8) is 0 Å². The minimum Gasteiger partial charge on any atom is -0.337 e. The Hall–Kier alpha value is -2.72. The first-order valence-corrected chi connectivity index (χ1v) is 8.08. The molecule has 7 heteroatoms. The first kappa shape index (κ1) is 17.1. The number of hydrogen-bond donors (Lipinski definition) is 1. The number of nitrogens with one attached hydrogen (secondary N) is 1. The molecule has 0 aliphatic carbocycles. The lowest BCUT2D eigenvalue weighted by Crippen LogP contribution is -2.35. The van der Waals surface area contributed by atoms with E-state index in [1.807, 2.05) is 20.0 Å². The third-order valence-electron chi connectivity index (χ3n) is 4.90. The highest BCUT2D eigenvalue weighted by Gasteiger charge is 2.39. The predicted molar refractivity (Wildman–Crippen MR) is 89.8 cm³/mol. The van der Waals surface area contributed by atoms with Gasteiger partial charge in [0.25, 0.3) is 0 Å². The van der Waals surface area contributed by atoms with Crippen molar-refractivity contribution < 1.29 is 9.18 Å². The summed E-state index contributed by atoms with van der Waals surface area (Å²) in [6, 6.07) is 6.15. The summed E-state index contributed by atoms with van der Waals surface area (Å²) in [5, 5.41) is 16.6. The molecule has 1 amide bonds. The van der Waals surface area contributed by atoms with Crippen LogP contribution in [0.15, 0.2) is 24.4 Å². The molecule has 2 aromatic rings. The van der Waals surface area contributed by atoms with Gasteiger partial charge in [-0.15, -0.1) is 0 Å². The fourth-order valence-corrected chi connectivity index (χ4v) is 3.30. The summed E-state index contributed by atoms with van der Waals surface area (Å²) in [6.07, 6.45) is 2.19. The molecule has 0 bridgehead atoms. The lowest BCUT2D eigenvalue weighted by Gasteiger charge is -2.25. The van der Waals surface area contributed by atoms with Crippen molar-refractivity contribution in [2.24, 2.45) is 7.05 Å². The van der Waals surface area contributed by atoms with Crippen LogP contribution in [0.3, 0.4) is 0 Å². The molecule has 1 aromatic heterocycles. The number of hydrogen-bond acceptors (Lipinski definition) is 4. The van der Waals surface area contributed by atoms with E-state index in [-0.39, 0.29) is 23.6 Å². The second-order valence-corrected chi connectivity index (χ2v) is 6.38. The molecule has 2 atom stereocenters. The largest absolute Gasteiger partial charge is 0.337 e. The van der Waals surface area contributed by atoms with Crippen LogP contribution in [-0.2, 0) is 18.4 Å². The monoisotopic (exact) mass is 341 g/mol. The van der Waals surface area contributed by atoms with E-state index < -0.39 is 5.82 Å². The number of carbonyl (C=O) groups is 1. The number of rotatable bonds is 4. The molecule has 1 aliphatic rings. The number of halogens is 1. The van der Waals surface area contributed by atoms with E-state index >= 15 is 0 Å². The van der Waals surface area contributed by atoms with Gasteiger partial charge in [0, 0.05) is 44.4 Å². The van der Waals surface area contributed by atoms with Gasteiger partial charge in [0.2, 0.25) is 5.91 Å². The second kappa shape index (κ2) is 6.65. The van der Waals surface area contributed by atoms with Gasteiger partial charge in [-0.2, -0.15) is 10.4 Å². The van der Waals surface area contributed by atoms with Crippen LogP contribution < -0.4 is 5.32 Å². The SMILES string of the molecule is Cc1c([C@H]2[C@H](NCc3ccc(F)c(C#N)c3)CC(=O)N2C)cnn1C. The number of nitriles is 1. The molecule has 1 N–H and O–H groups in total. The molecule has 6 nitrogen and oxygen atoms in total. The summed E-state index contributed by atoms with van der Waals surface area (Å²) in [4.78, 5) is 14.0. The molecule has 0 spiro atoms. The number of aryl methyl sites for hydroxylation is 1. The first-order chi connectivity index (χ1) is 11.9. The van der Waals surface area contributed by atoms with Gasteiger partial charge in [-0.25, -0.2) is 4.39 Å². The van der Waals surface area contributed by atoms with Crippen molar-refractivity contribution in [2.75, 3.05) is 7.05 Å². The van der Waals surface area contributed by atoms with Crippen molar-refractivity contribution in [3.8, 4) is 6.07 Å². The lowest BCUT2D eigenvalue weighted by molar-refractivity contribution is -0.127. The highest BCUT2D eigenvalue weighted by Crippen LogP contribution is 2.33. The molecule has 2 heterocycles. The molecule has 130 valence electrons. The Morgan fingerprint density at radius 1 is 1.44 bits per heavy atom. The van der Waals surface area contributed by atoms with E-state index in [1.165, 1.54) is 12.1 Å². The Balaban J connectivity index is 1.80. The van der Waals surface area contributed by atoms with Gasteiger partial charge in [0.1, 0.15) is 11.9 Å². The van der Waals surface area contributed by atoms with E-state index in [1.54, 1.807) is 28.9 Å². The number of nitrogens with zero attached hydrogens (tertiary/aromatic N) is 4. The smallest absolute Gasteiger partial charge is 0.224 e. The number of carbonyl (C=O) groups excluding carboxylic acids is 1. The highest BCUT2D eigenvalue weighted by molar-refractivity contribution is 5.80. The molecule has 1 aliphatic heterocycles. The Labute approximate surface area is 145 Å². The molecule has 3 rings (SSSR count). The number of benzene rings is 1. The maximum Gasteiger partial charge on any atom is 0.224 e. The van der Waals surface area contributed by atoms with E-state index in [4.69, 9.17) is 5.26 Å². The maximum atomic E-state index is 13.4. The summed E-state index contributed by atoms with van der Waals surface area (Å²) >= 11 is 0. The van der Waals surface area contributed by atoms with E-state index in [9.17, 15) is 9.18 Å². The van der Waals surface area contributed by atoms with Crippen molar-refractivity contribution in [1.29, 1.82) is 5.26 Å². The zero-order valence-corrected chi connectivity index (χ0v) is 14.5. The third kappa shape index (κ3) is 3.13. The van der Waals surface area contributed by atoms with Crippen LogP contribution in [0.1, 0.15) is 34.8 Å². The van der Waals surface area contributed by atoms with Gasteiger partial charge in [-0.1, -0.05) is 6.07 Å². The van der Waals surface area contributed by atoms with Gasteiger partial charge in [-0.05, 0) is 24.6 Å². The van der Waals surface area contributed by atoms with Gasteiger partial charge in [-0.3, -0.25) is 9.48 Å². The number of aromatic nitrogens is 2. The van der Waals surface area contributed by atoms with Crippen LogP contribution in [0.2, 0.25) is 0 Å². The van der Waals surface area contributed by atoms with Gasteiger partial charge in [0.15, 0.2) is 0 Å². The van der Waals surface area contributed by atoms with Crippen LogP contribution >= 0.6 is 0 Å². The topological polar surface area (TPSA) is 74.0 Å². The fraction of sp³-hybridized carbons (Fsp3) is 0.389. The molecule has 0 unspecified atom stereocenters. The molecular formula is C18H20FN5O. The van der Waals surface area contributed by atoms with E-state index in [0.717, 1.165) is 16.8 Å². The van der Waals surface area contributed by atoms with Crippen LogP contribution in [0.25, 0.3) is 0 Å². The molecule has 1 aromatic carbocycles. The lowest BCUT2D eigenvalue weighted by atomic mass is 10.0. The second-order valence-electron chi connectivity index (χ2n) is 6.38. The summed E-state index contributed by atoms with van der Waals surface area (Å²) in [5.41, 5.74) is 2.87. The van der Waals surface area contributed by atoms with Crippen molar-refractivity contribution in [2.45, 2.75) is 32.0 Å². The van der Waals surface area contributed by atoms with Crippen LogP contribution in [0, 0.1) is 24.1 Å². The summed E-state index contributed by atoms with van der Waals surface area (Å²) < 4.78 is 15.2. The van der Waals surface area contributed by atoms with Gasteiger partial charge < -0.3 is 10.2 Å². The molecular weight excluding hydrogens is 321 g/mol. The summed E-state index contributed by atoms with van der Waals surface area (Å²) in [6.45, 7) is 2.44. The number of likely N-dealkylation sites (N-methyl/N-ethyl adjacent to an activating group) is 1. The molecule has 1 saturated heterocycles. The predicted octanol–water partition coefficient (Wildman–Crippen LogP) is 1.80. The normalized spacial score (nSPS) is 20.1.